The molecule has 0 saturated heterocycles. The topological polar surface area (TPSA) is 71.2 Å². The molecule has 1 heterocycles. The summed E-state index contributed by atoms with van der Waals surface area (Å²) in [5.41, 5.74) is 2.54. The molecule has 1 amide bonds. The predicted molar refractivity (Wildman–Crippen MR) is 84.7 cm³/mol. The van der Waals surface area contributed by atoms with Crippen molar-refractivity contribution in [2.75, 3.05) is 6.61 Å². The normalized spacial score (nSPS) is 10.5. The summed E-state index contributed by atoms with van der Waals surface area (Å²) < 4.78 is 5.33. The lowest BCUT2D eigenvalue weighted by Gasteiger charge is -2.07. The molecule has 0 atom stereocenters. The summed E-state index contributed by atoms with van der Waals surface area (Å²) in [6.45, 7) is 5.37. The highest BCUT2D eigenvalue weighted by molar-refractivity contribution is 5.93. The van der Waals surface area contributed by atoms with E-state index in [1.165, 1.54) is 6.07 Å². The molecule has 0 radical (unpaired) electrons. The first-order valence-corrected chi connectivity index (χ1v) is 7.24. The largest absolute Gasteiger partial charge is 0.377 e. The number of amides is 1. The molecule has 116 valence electrons. The molecule has 0 fully saturated rings. The number of rotatable bonds is 6. The Kier molecular flexibility index (Phi) is 5.49. The Hall–Kier alpha value is -2.40. The van der Waals surface area contributed by atoms with E-state index in [1.54, 1.807) is 13.0 Å². The third-order valence-corrected chi connectivity index (χ3v) is 3.25. The van der Waals surface area contributed by atoms with E-state index in [0.717, 1.165) is 16.8 Å². The number of nitrogens with one attached hydrogen (secondary N) is 2. The van der Waals surface area contributed by atoms with Crippen molar-refractivity contribution in [3.8, 4) is 0 Å². The Labute approximate surface area is 129 Å². The molecule has 1 aromatic heterocycles. The highest BCUT2D eigenvalue weighted by Crippen LogP contribution is 2.06. The van der Waals surface area contributed by atoms with Crippen molar-refractivity contribution >= 4 is 5.91 Å². The molecule has 0 saturated carbocycles. The fourth-order valence-electron chi connectivity index (χ4n) is 2.00. The van der Waals surface area contributed by atoms with Gasteiger partial charge in [-0.1, -0.05) is 24.3 Å². The first kappa shape index (κ1) is 16.0. The lowest BCUT2D eigenvalue weighted by Crippen LogP contribution is -2.29. The van der Waals surface area contributed by atoms with Gasteiger partial charge in [0.1, 0.15) is 5.56 Å². The molecule has 0 spiro atoms. The van der Waals surface area contributed by atoms with Gasteiger partial charge in [-0.2, -0.15) is 0 Å². The highest BCUT2D eigenvalue weighted by atomic mass is 16.5. The minimum atomic E-state index is -0.375. The lowest BCUT2D eigenvalue weighted by atomic mass is 10.1. The number of hydrogen-bond donors (Lipinski definition) is 2. The Bertz CT molecular complexity index is 690. The van der Waals surface area contributed by atoms with Gasteiger partial charge in [0.15, 0.2) is 0 Å². The van der Waals surface area contributed by atoms with Crippen LogP contribution < -0.4 is 10.9 Å². The van der Waals surface area contributed by atoms with Crippen molar-refractivity contribution in [1.29, 1.82) is 0 Å². The number of ether oxygens (including phenoxy) is 1. The van der Waals surface area contributed by atoms with Gasteiger partial charge < -0.3 is 15.0 Å². The molecule has 5 heteroatoms. The zero-order chi connectivity index (χ0) is 15.9. The van der Waals surface area contributed by atoms with Gasteiger partial charge >= 0.3 is 0 Å². The summed E-state index contributed by atoms with van der Waals surface area (Å²) in [5, 5.41) is 2.75. The van der Waals surface area contributed by atoms with E-state index in [-0.39, 0.29) is 17.0 Å². The SMILES string of the molecule is CCOCc1ccc(CNC(=O)c2ccc(C)[nH]c2=O)cc1. The van der Waals surface area contributed by atoms with Crippen molar-refractivity contribution in [2.24, 2.45) is 0 Å². The summed E-state index contributed by atoms with van der Waals surface area (Å²) in [4.78, 5) is 26.3. The van der Waals surface area contributed by atoms with Gasteiger partial charge in [0.05, 0.1) is 6.61 Å². The van der Waals surface area contributed by atoms with Crippen LogP contribution in [-0.2, 0) is 17.9 Å². The lowest BCUT2D eigenvalue weighted by molar-refractivity contribution is 0.0949. The van der Waals surface area contributed by atoms with Crippen molar-refractivity contribution < 1.29 is 9.53 Å². The molecule has 22 heavy (non-hydrogen) atoms. The van der Waals surface area contributed by atoms with Crippen LogP contribution in [0.3, 0.4) is 0 Å². The maximum absolute atomic E-state index is 12.0. The average Bonchev–Trinajstić information content (AvgIpc) is 2.51. The summed E-state index contributed by atoms with van der Waals surface area (Å²) >= 11 is 0. The second-order valence-electron chi connectivity index (χ2n) is 5.02. The number of aromatic amines is 1. The van der Waals surface area contributed by atoms with Crippen LogP contribution >= 0.6 is 0 Å². The Morgan fingerprint density at radius 3 is 2.45 bits per heavy atom. The average molecular weight is 300 g/mol. The van der Waals surface area contributed by atoms with Crippen molar-refractivity contribution in [1.82, 2.24) is 10.3 Å². The second kappa shape index (κ2) is 7.56. The van der Waals surface area contributed by atoms with Crippen LogP contribution in [0.1, 0.15) is 34.1 Å². The van der Waals surface area contributed by atoms with Gasteiger partial charge in [-0.25, -0.2) is 0 Å². The van der Waals surface area contributed by atoms with Crippen LogP contribution in [-0.4, -0.2) is 17.5 Å². The molecule has 0 bridgehead atoms. The van der Waals surface area contributed by atoms with Gasteiger partial charge in [0.25, 0.3) is 11.5 Å². The van der Waals surface area contributed by atoms with E-state index in [2.05, 4.69) is 10.3 Å². The van der Waals surface area contributed by atoms with E-state index in [9.17, 15) is 9.59 Å². The maximum Gasteiger partial charge on any atom is 0.260 e. The van der Waals surface area contributed by atoms with Crippen LogP contribution in [0.25, 0.3) is 0 Å². The molecular weight excluding hydrogens is 280 g/mol. The van der Waals surface area contributed by atoms with Crippen LogP contribution in [0, 0.1) is 6.92 Å². The Balaban J connectivity index is 1.94. The van der Waals surface area contributed by atoms with E-state index < -0.39 is 0 Å². The first-order valence-electron chi connectivity index (χ1n) is 7.24. The number of carbonyl (C=O) groups is 1. The predicted octanol–water partition coefficient (Wildman–Crippen LogP) is 2.15. The number of hydrogen-bond acceptors (Lipinski definition) is 3. The fraction of sp³-hybridized carbons (Fsp3) is 0.294. The van der Waals surface area contributed by atoms with E-state index in [0.29, 0.717) is 19.8 Å². The Morgan fingerprint density at radius 1 is 1.14 bits per heavy atom. The third-order valence-electron chi connectivity index (χ3n) is 3.25. The van der Waals surface area contributed by atoms with Crippen molar-refractivity contribution in [3.05, 3.63) is 69.1 Å². The number of benzene rings is 1. The molecule has 0 aliphatic heterocycles. The summed E-state index contributed by atoms with van der Waals surface area (Å²) in [6.07, 6.45) is 0. The maximum atomic E-state index is 12.0. The molecule has 0 aliphatic carbocycles. The number of H-pyrrole nitrogens is 1. The van der Waals surface area contributed by atoms with Crippen molar-refractivity contribution in [3.63, 3.8) is 0 Å². The molecular formula is C17H20N2O3. The first-order chi connectivity index (χ1) is 10.6. The van der Waals surface area contributed by atoms with Gasteiger partial charge in [-0.15, -0.1) is 0 Å². The molecule has 5 nitrogen and oxygen atoms in total. The molecule has 0 unspecified atom stereocenters. The zero-order valence-electron chi connectivity index (χ0n) is 12.8. The summed E-state index contributed by atoms with van der Waals surface area (Å²) in [7, 11) is 0. The smallest absolute Gasteiger partial charge is 0.260 e. The number of carbonyl (C=O) groups excluding carboxylic acids is 1. The summed E-state index contributed by atoms with van der Waals surface area (Å²) in [5.74, 6) is -0.375. The van der Waals surface area contributed by atoms with Gasteiger partial charge in [-0.05, 0) is 37.1 Å². The van der Waals surface area contributed by atoms with Crippen molar-refractivity contribution in [2.45, 2.75) is 27.0 Å². The van der Waals surface area contributed by atoms with Gasteiger partial charge in [-0.3, -0.25) is 9.59 Å². The van der Waals surface area contributed by atoms with E-state index in [4.69, 9.17) is 4.74 Å². The summed E-state index contributed by atoms with van der Waals surface area (Å²) in [6, 6.07) is 11.1. The standard InChI is InChI=1S/C17H20N2O3/c1-3-22-11-14-7-5-13(6-8-14)10-18-16(20)15-9-4-12(2)19-17(15)21/h4-9H,3,10-11H2,1-2H3,(H,18,20)(H,19,21). The number of pyridine rings is 1. The zero-order valence-corrected chi connectivity index (χ0v) is 12.8. The van der Waals surface area contributed by atoms with Crippen LogP contribution in [0.15, 0.2) is 41.2 Å². The van der Waals surface area contributed by atoms with Crippen LogP contribution in [0.4, 0.5) is 0 Å². The Morgan fingerprint density at radius 2 is 1.82 bits per heavy atom. The molecule has 2 aromatic rings. The quantitative estimate of drug-likeness (QED) is 0.858. The van der Waals surface area contributed by atoms with E-state index >= 15 is 0 Å². The fourth-order valence-corrected chi connectivity index (χ4v) is 2.00. The monoisotopic (exact) mass is 300 g/mol. The minimum absolute atomic E-state index is 0.124. The third kappa shape index (κ3) is 4.30. The molecule has 1 aromatic carbocycles. The number of aryl methyl sites for hydroxylation is 1. The van der Waals surface area contributed by atoms with E-state index in [1.807, 2.05) is 31.2 Å². The van der Waals surface area contributed by atoms with Crippen LogP contribution in [0.5, 0.6) is 0 Å². The molecule has 2 rings (SSSR count). The van der Waals surface area contributed by atoms with Crippen LogP contribution in [0.2, 0.25) is 0 Å². The second-order valence-corrected chi connectivity index (χ2v) is 5.02. The number of aromatic nitrogens is 1. The molecule has 2 N–H and O–H groups in total. The van der Waals surface area contributed by atoms with Gasteiger partial charge in [0, 0.05) is 18.8 Å². The minimum Gasteiger partial charge on any atom is -0.377 e. The van der Waals surface area contributed by atoms with Gasteiger partial charge in [0.2, 0.25) is 0 Å². The molecule has 0 aliphatic rings. The highest BCUT2D eigenvalue weighted by Gasteiger charge is 2.09.